The van der Waals surface area contributed by atoms with Crippen LogP contribution in [0.4, 0.5) is 0 Å². The third-order valence-corrected chi connectivity index (χ3v) is 3.82. The van der Waals surface area contributed by atoms with E-state index in [4.69, 9.17) is 0 Å². The van der Waals surface area contributed by atoms with Gasteiger partial charge in [0, 0.05) is 5.33 Å². The molecule has 0 heterocycles. The summed E-state index contributed by atoms with van der Waals surface area (Å²) in [6.45, 7) is 2.28. The molecule has 0 rings (SSSR count). The maximum absolute atomic E-state index is 3.37. The first-order valence-corrected chi connectivity index (χ1v) is 9.41. The van der Waals surface area contributed by atoms with E-state index >= 15 is 0 Å². The summed E-state index contributed by atoms with van der Waals surface area (Å²) in [5.41, 5.74) is 0. The maximum Gasteiger partial charge on any atom is 0.0215 e. The van der Waals surface area contributed by atoms with Gasteiger partial charge in [-0.2, -0.15) is 0 Å². The number of rotatable bonds is 14. The molecule has 112 valence electrons. The van der Waals surface area contributed by atoms with E-state index in [1.807, 2.05) is 0 Å². The van der Waals surface area contributed by atoms with Crippen LogP contribution in [-0.4, -0.2) is 5.33 Å². The number of alkyl halides is 1. The third-order valence-electron chi connectivity index (χ3n) is 3.45. The van der Waals surface area contributed by atoms with Gasteiger partial charge in [0.1, 0.15) is 0 Å². The molecule has 1 heteroatoms. The highest BCUT2D eigenvalue weighted by molar-refractivity contribution is 9.09. The molecule has 0 aliphatic heterocycles. The number of halogens is 1. The van der Waals surface area contributed by atoms with Crippen LogP contribution < -0.4 is 0 Å². The smallest absolute Gasteiger partial charge is 0.0215 e. The molecule has 0 saturated carbocycles. The first-order chi connectivity index (χ1) is 9.41. The Morgan fingerprint density at radius 2 is 1.11 bits per heavy atom. The molecule has 0 radical (unpaired) electrons. The molecular formula is C18H33Br. The molecular weight excluding hydrogens is 296 g/mol. The molecule has 0 saturated heterocycles. The van der Waals surface area contributed by atoms with E-state index in [9.17, 15) is 0 Å². The van der Waals surface area contributed by atoms with E-state index in [0.717, 1.165) is 5.33 Å². The zero-order valence-corrected chi connectivity index (χ0v) is 14.5. The lowest BCUT2D eigenvalue weighted by atomic mass is 10.1. The van der Waals surface area contributed by atoms with Crippen molar-refractivity contribution in [3.8, 4) is 0 Å². The van der Waals surface area contributed by atoms with E-state index in [1.54, 1.807) is 0 Å². The van der Waals surface area contributed by atoms with Crippen molar-refractivity contribution in [2.75, 3.05) is 5.33 Å². The molecule has 0 spiro atoms. The normalized spacial score (nSPS) is 11.9. The third kappa shape index (κ3) is 18.0. The van der Waals surface area contributed by atoms with E-state index in [-0.39, 0.29) is 0 Å². The quantitative estimate of drug-likeness (QED) is 0.180. The second kappa shape index (κ2) is 18.0. The van der Waals surface area contributed by atoms with E-state index in [1.165, 1.54) is 77.0 Å². The monoisotopic (exact) mass is 328 g/mol. The van der Waals surface area contributed by atoms with Crippen molar-refractivity contribution in [2.45, 2.75) is 84.0 Å². The van der Waals surface area contributed by atoms with Crippen LogP contribution in [0, 0.1) is 0 Å². The summed E-state index contributed by atoms with van der Waals surface area (Å²) in [6, 6.07) is 0. The Morgan fingerprint density at radius 1 is 0.632 bits per heavy atom. The summed E-state index contributed by atoms with van der Waals surface area (Å²) in [5.74, 6) is 0. The van der Waals surface area contributed by atoms with Gasteiger partial charge in [0.15, 0.2) is 0 Å². The summed E-state index contributed by atoms with van der Waals surface area (Å²) in [4.78, 5) is 0. The standard InChI is InChI=1S/C18H33Br/c1-2-3-4-5-6-7-8-9-10-11-12-13-14-15-16-17-18-19/h14-17H,2-13,18H2,1H3. The molecule has 0 nitrogen and oxygen atoms in total. The van der Waals surface area contributed by atoms with Crippen molar-refractivity contribution in [1.82, 2.24) is 0 Å². The van der Waals surface area contributed by atoms with Crippen LogP contribution in [0.25, 0.3) is 0 Å². The molecule has 0 aromatic rings. The minimum absolute atomic E-state index is 0.954. The average Bonchev–Trinajstić information content (AvgIpc) is 2.43. The van der Waals surface area contributed by atoms with Gasteiger partial charge < -0.3 is 0 Å². The summed E-state index contributed by atoms with van der Waals surface area (Å²) in [7, 11) is 0. The van der Waals surface area contributed by atoms with Crippen molar-refractivity contribution in [2.24, 2.45) is 0 Å². The molecule has 19 heavy (non-hydrogen) atoms. The van der Waals surface area contributed by atoms with Gasteiger partial charge >= 0.3 is 0 Å². The predicted octanol–water partition coefficient (Wildman–Crippen LogP) is 7.19. The van der Waals surface area contributed by atoms with E-state index < -0.39 is 0 Å². The Morgan fingerprint density at radius 3 is 1.63 bits per heavy atom. The van der Waals surface area contributed by atoms with Crippen LogP contribution in [0.1, 0.15) is 84.0 Å². The molecule has 0 unspecified atom stereocenters. The number of hydrogen-bond acceptors (Lipinski definition) is 0. The van der Waals surface area contributed by atoms with Crippen LogP contribution >= 0.6 is 15.9 Å². The number of hydrogen-bond donors (Lipinski definition) is 0. The molecule has 0 aromatic heterocycles. The van der Waals surface area contributed by atoms with Crippen LogP contribution in [0.2, 0.25) is 0 Å². The van der Waals surface area contributed by atoms with Crippen molar-refractivity contribution < 1.29 is 0 Å². The van der Waals surface area contributed by atoms with Crippen molar-refractivity contribution in [3.63, 3.8) is 0 Å². The molecule has 0 fully saturated rings. The van der Waals surface area contributed by atoms with E-state index in [2.05, 4.69) is 47.2 Å². The van der Waals surface area contributed by atoms with Gasteiger partial charge in [-0.15, -0.1) is 0 Å². The topological polar surface area (TPSA) is 0 Å². The minimum atomic E-state index is 0.954. The zero-order valence-electron chi connectivity index (χ0n) is 12.9. The second-order valence-electron chi connectivity index (χ2n) is 5.33. The summed E-state index contributed by atoms with van der Waals surface area (Å²) in [6.07, 6.45) is 25.6. The minimum Gasteiger partial charge on any atom is -0.0883 e. The zero-order chi connectivity index (χ0) is 14.0. The van der Waals surface area contributed by atoms with Crippen LogP contribution in [0.5, 0.6) is 0 Å². The maximum atomic E-state index is 3.37. The molecule has 0 aliphatic carbocycles. The largest absolute Gasteiger partial charge is 0.0883 e. The highest BCUT2D eigenvalue weighted by Crippen LogP contribution is 2.11. The van der Waals surface area contributed by atoms with Crippen molar-refractivity contribution in [3.05, 3.63) is 24.3 Å². The number of unbranched alkanes of at least 4 members (excludes halogenated alkanes) is 11. The van der Waals surface area contributed by atoms with Crippen LogP contribution in [0.15, 0.2) is 24.3 Å². The molecule has 0 aliphatic rings. The van der Waals surface area contributed by atoms with Gasteiger partial charge in [-0.05, 0) is 12.8 Å². The van der Waals surface area contributed by atoms with Gasteiger partial charge in [0.25, 0.3) is 0 Å². The fraction of sp³-hybridized carbons (Fsp3) is 0.778. The Balaban J connectivity index is 3.02. The first-order valence-electron chi connectivity index (χ1n) is 8.29. The number of allylic oxidation sites excluding steroid dienone is 4. The highest BCUT2D eigenvalue weighted by Gasteiger charge is 1.92. The van der Waals surface area contributed by atoms with Crippen LogP contribution in [-0.2, 0) is 0 Å². The fourth-order valence-corrected chi connectivity index (χ4v) is 2.45. The average molecular weight is 329 g/mol. The predicted molar refractivity (Wildman–Crippen MR) is 93.2 cm³/mol. The molecule has 0 N–H and O–H groups in total. The summed E-state index contributed by atoms with van der Waals surface area (Å²) >= 11 is 3.37. The summed E-state index contributed by atoms with van der Waals surface area (Å²) in [5, 5.41) is 0.954. The lowest BCUT2D eigenvalue weighted by molar-refractivity contribution is 0.550. The lowest BCUT2D eigenvalue weighted by Gasteiger charge is -2.01. The highest BCUT2D eigenvalue weighted by atomic mass is 79.9. The second-order valence-corrected chi connectivity index (χ2v) is 5.98. The van der Waals surface area contributed by atoms with Gasteiger partial charge in [0.05, 0.1) is 0 Å². The summed E-state index contributed by atoms with van der Waals surface area (Å²) < 4.78 is 0. The molecule has 0 bridgehead atoms. The molecule has 0 aromatic carbocycles. The van der Waals surface area contributed by atoms with Gasteiger partial charge in [-0.3, -0.25) is 0 Å². The SMILES string of the molecule is CCCCCCCCCCCCCC=CC=CCBr. The van der Waals surface area contributed by atoms with Crippen molar-refractivity contribution in [1.29, 1.82) is 0 Å². The Bertz CT molecular complexity index is 206. The lowest BCUT2D eigenvalue weighted by Crippen LogP contribution is -1.81. The van der Waals surface area contributed by atoms with E-state index in [0.29, 0.717) is 0 Å². The van der Waals surface area contributed by atoms with Gasteiger partial charge in [-0.25, -0.2) is 0 Å². The Hall–Kier alpha value is -0.0400. The first kappa shape index (κ1) is 19.0. The van der Waals surface area contributed by atoms with Gasteiger partial charge in [0.2, 0.25) is 0 Å². The van der Waals surface area contributed by atoms with Gasteiger partial charge in [-0.1, -0.05) is 111 Å². The van der Waals surface area contributed by atoms with Crippen molar-refractivity contribution >= 4 is 15.9 Å². The van der Waals surface area contributed by atoms with Crippen LogP contribution in [0.3, 0.4) is 0 Å². The Labute approximate surface area is 129 Å². The fourth-order valence-electron chi connectivity index (χ4n) is 2.23. The Kier molecular flexibility index (Phi) is 17.9. The molecule has 0 atom stereocenters. The molecule has 0 amide bonds.